The fourth-order valence-corrected chi connectivity index (χ4v) is 3.96. The molecule has 0 atom stereocenters. The van der Waals surface area contributed by atoms with Gasteiger partial charge in [-0.3, -0.25) is 19.3 Å². The highest BCUT2D eigenvalue weighted by atomic mass is 16.5. The quantitative estimate of drug-likeness (QED) is 0.225. The summed E-state index contributed by atoms with van der Waals surface area (Å²) >= 11 is 0. The van der Waals surface area contributed by atoms with E-state index in [1.54, 1.807) is 30.7 Å². The molecule has 5 aromatic rings. The first-order valence-electron chi connectivity index (χ1n) is 12.3. The van der Waals surface area contributed by atoms with Crippen LogP contribution in [0, 0.1) is 0 Å². The van der Waals surface area contributed by atoms with E-state index in [9.17, 15) is 4.79 Å². The van der Waals surface area contributed by atoms with Gasteiger partial charge in [0.2, 0.25) is 0 Å². The van der Waals surface area contributed by atoms with Crippen LogP contribution >= 0.6 is 0 Å². The number of hydrogen-bond acceptors (Lipinski definition) is 7. The van der Waals surface area contributed by atoms with Gasteiger partial charge >= 0.3 is 0 Å². The van der Waals surface area contributed by atoms with Crippen molar-refractivity contribution in [1.29, 1.82) is 0 Å². The van der Waals surface area contributed by atoms with Gasteiger partial charge in [-0.1, -0.05) is 18.2 Å². The summed E-state index contributed by atoms with van der Waals surface area (Å²) in [5.74, 6) is 1.97. The fourth-order valence-electron chi connectivity index (χ4n) is 3.96. The second-order valence-electron chi connectivity index (χ2n) is 8.01. The van der Waals surface area contributed by atoms with E-state index < -0.39 is 0 Å². The molecular formula is C29H29N7O2. The maximum absolute atomic E-state index is 12.8. The Kier molecular flexibility index (Phi) is 8.85. The third kappa shape index (κ3) is 5.89. The summed E-state index contributed by atoms with van der Waals surface area (Å²) in [6.07, 6.45) is 6.28. The van der Waals surface area contributed by atoms with Crippen LogP contribution < -0.4 is 10.1 Å². The molecule has 0 unspecified atom stereocenters. The number of pyridine rings is 3. The molecule has 9 heteroatoms. The highest BCUT2D eigenvalue weighted by molar-refractivity contribution is 6.04. The zero-order valence-corrected chi connectivity index (χ0v) is 21.2. The summed E-state index contributed by atoms with van der Waals surface area (Å²) in [4.78, 5) is 25.9. The summed E-state index contributed by atoms with van der Waals surface area (Å²) in [6.45, 7) is 8.99. The molecule has 4 heterocycles. The number of ether oxygens (including phenoxy) is 1. The summed E-state index contributed by atoms with van der Waals surface area (Å²) < 4.78 is 7.51. The van der Waals surface area contributed by atoms with E-state index >= 15 is 0 Å². The molecule has 0 aliphatic carbocycles. The van der Waals surface area contributed by atoms with E-state index in [-0.39, 0.29) is 5.91 Å². The van der Waals surface area contributed by atoms with Crippen LogP contribution in [0.25, 0.3) is 28.2 Å². The normalized spacial score (nSPS) is 10.4. The van der Waals surface area contributed by atoms with Gasteiger partial charge in [-0.15, -0.1) is 23.4 Å². The number of carbonyl (C=O) groups is 1. The molecule has 0 aliphatic heterocycles. The van der Waals surface area contributed by atoms with Crippen LogP contribution in [-0.2, 0) is 6.42 Å². The first kappa shape index (κ1) is 26.2. The average Bonchev–Trinajstić information content (AvgIpc) is 3.41. The first-order chi connectivity index (χ1) is 18.7. The number of fused-ring (bicyclic) bond motifs is 1. The van der Waals surface area contributed by atoms with Crippen molar-refractivity contribution >= 4 is 16.9 Å². The third-order valence-electron chi connectivity index (χ3n) is 5.62. The lowest BCUT2D eigenvalue weighted by molar-refractivity contribution is 0.0954. The van der Waals surface area contributed by atoms with Crippen LogP contribution in [0.1, 0.15) is 29.5 Å². The predicted molar refractivity (Wildman–Crippen MR) is 147 cm³/mol. The molecule has 0 saturated heterocycles. The van der Waals surface area contributed by atoms with Gasteiger partial charge in [-0.2, -0.15) is 0 Å². The van der Waals surface area contributed by atoms with Crippen LogP contribution in [0.3, 0.4) is 0 Å². The Balaban J connectivity index is 0.00000164. The molecule has 1 N–H and O–H groups in total. The van der Waals surface area contributed by atoms with E-state index in [1.807, 2.05) is 60.0 Å². The van der Waals surface area contributed by atoms with Gasteiger partial charge in [0, 0.05) is 31.0 Å². The molecule has 0 saturated carbocycles. The number of aromatic nitrogens is 6. The minimum absolute atomic E-state index is 0.176. The summed E-state index contributed by atoms with van der Waals surface area (Å²) in [6, 6.07) is 19.0. The van der Waals surface area contributed by atoms with Crippen molar-refractivity contribution < 1.29 is 9.53 Å². The number of aryl methyl sites for hydroxylation is 1. The van der Waals surface area contributed by atoms with E-state index in [4.69, 9.17) is 4.74 Å². The minimum Gasteiger partial charge on any atom is -0.492 e. The Labute approximate surface area is 221 Å². The number of nitrogens with one attached hydrogen (secondary N) is 1. The number of carbonyl (C=O) groups excluding carboxylic acids is 1. The van der Waals surface area contributed by atoms with Crippen molar-refractivity contribution in [2.24, 2.45) is 0 Å². The van der Waals surface area contributed by atoms with Crippen LogP contribution in [-0.4, -0.2) is 48.8 Å². The van der Waals surface area contributed by atoms with Gasteiger partial charge in [-0.25, -0.2) is 4.98 Å². The van der Waals surface area contributed by atoms with Gasteiger partial charge in [-0.05, 0) is 55.8 Å². The molecule has 9 nitrogen and oxygen atoms in total. The van der Waals surface area contributed by atoms with Gasteiger partial charge < -0.3 is 10.1 Å². The summed E-state index contributed by atoms with van der Waals surface area (Å²) in [5, 5.41) is 11.9. The molecule has 0 aliphatic rings. The van der Waals surface area contributed by atoms with Crippen molar-refractivity contribution in [3.8, 4) is 23.0 Å². The maximum Gasteiger partial charge on any atom is 0.253 e. The molecule has 0 fully saturated rings. The van der Waals surface area contributed by atoms with Crippen LogP contribution in [0.5, 0.6) is 5.75 Å². The van der Waals surface area contributed by atoms with Gasteiger partial charge in [0.15, 0.2) is 5.82 Å². The zero-order valence-electron chi connectivity index (χ0n) is 21.2. The molecule has 5 rings (SSSR count). The van der Waals surface area contributed by atoms with Gasteiger partial charge in [0.05, 0.1) is 23.9 Å². The van der Waals surface area contributed by atoms with Crippen LogP contribution in [0.15, 0.2) is 92.4 Å². The number of para-hydroxylation sites is 1. The Bertz CT molecular complexity index is 1480. The number of benzene rings is 1. The second kappa shape index (κ2) is 12.9. The molecule has 0 spiro atoms. The molecule has 1 aromatic carbocycles. The minimum atomic E-state index is -0.176. The van der Waals surface area contributed by atoms with Crippen molar-refractivity contribution in [3.63, 3.8) is 0 Å². The lowest BCUT2D eigenvalue weighted by Gasteiger charge is -2.11. The number of amides is 1. The van der Waals surface area contributed by atoms with Crippen molar-refractivity contribution in [2.45, 2.75) is 19.8 Å². The molecular weight excluding hydrogens is 478 g/mol. The highest BCUT2D eigenvalue weighted by Crippen LogP contribution is 2.23. The van der Waals surface area contributed by atoms with Crippen molar-refractivity contribution in [1.82, 2.24) is 35.0 Å². The number of hydrogen-bond donors (Lipinski definition) is 1. The van der Waals surface area contributed by atoms with Gasteiger partial charge in [0.1, 0.15) is 22.8 Å². The molecule has 192 valence electrons. The highest BCUT2D eigenvalue weighted by Gasteiger charge is 2.17. The van der Waals surface area contributed by atoms with Crippen molar-refractivity contribution in [3.05, 3.63) is 104 Å². The molecule has 38 heavy (non-hydrogen) atoms. The first-order valence-corrected chi connectivity index (χ1v) is 12.3. The van der Waals surface area contributed by atoms with Crippen LogP contribution in [0.2, 0.25) is 0 Å². The topological polar surface area (TPSA) is 108 Å². The van der Waals surface area contributed by atoms with Crippen LogP contribution in [0.4, 0.5) is 0 Å². The zero-order chi connectivity index (χ0) is 26.7. The van der Waals surface area contributed by atoms with E-state index in [1.165, 1.54) is 0 Å². The second-order valence-corrected chi connectivity index (χ2v) is 8.01. The van der Waals surface area contributed by atoms with Crippen molar-refractivity contribution in [2.75, 3.05) is 13.2 Å². The largest absolute Gasteiger partial charge is 0.492 e. The van der Waals surface area contributed by atoms with E-state index in [0.717, 1.165) is 11.5 Å². The maximum atomic E-state index is 12.8. The SMILES string of the molecule is C=C.CCOc1ccc(-c2nnc(CCCNC(=O)c3ccnc4cccnc34)n2-c2ccccc2)nc1. The summed E-state index contributed by atoms with van der Waals surface area (Å²) in [5.41, 5.74) is 3.44. The lowest BCUT2D eigenvalue weighted by atomic mass is 10.2. The van der Waals surface area contributed by atoms with E-state index in [2.05, 4.69) is 43.6 Å². The monoisotopic (exact) mass is 507 g/mol. The van der Waals surface area contributed by atoms with Gasteiger partial charge in [0.25, 0.3) is 5.91 Å². The number of nitrogens with zero attached hydrogens (tertiary/aromatic N) is 6. The van der Waals surface area contributed by atoms with E-state index in [0.29, 0.717) is 59.9 Å². The third-order valence-corrected chi connectivity index (χ3v) is 5.62. The fraction of sp³-hybridized carbons (Fsp3) is 0.172. The predicted octanol–water partition coefficient (Wildman–Crippen LogP) is 4.84. The molecule has 1 amide bonds. The summed E-state index contributed by atoms with van der Waals surface area (Å²) in [7, 11) is 0. The smallest absolute Gasteiger partial charge is 0.253 e. The Morgan fingerprint density at radius 1 is 0.947 bits per heavy atom. The molecule has 4 aromatic heterocycles. The Morgan fingerprint density at radius 2 is 1.79 bits per heavy atom. The number of rotatable bonds is 9. The Morgan fingerprint density at radius 3 is 2.55 bits per heavy atom. The lowest BCUT2D eigenvalue weighted by Crippen LogP contribution is -2.25. The Hall–Kier alpha value is -4.92. The average molecular weight is 508 g/mol. The standard InChI is InChI=1S/C27H25N7O2.C2H4/c1-2-36-20-12-13-23(31-18-20)26-33-32-24(34(26)19-8-4-3-5-9-19)11-7-16-30-27(35)21-14-17-28-22-10-6-15-29-25(21)22;1-2/h3-6,8-10,12-15,17-18H,2,7,11,16H2,1H3,(H,30,35);1-2H2. The molecule has 0 radical (unpaired) electrons. The molecule has 0 bridgehead atoms.